The van der Waals surface area contributed by atoms with Gasteiger partial charge in [-0.05, 0) is 24.0 Å². The molecule has 0 radical (unpaired) electrons. The van der Waals surface area contributed by atoms with Gasteiger partial charge in [0.25, 0.3) is 0 Å². The second-order valence-electron chi connectivity index (χ2n) is 5.47. The molecule has 0 aliphatic carbocycles. The number of pyridine rings is 1. The SMILES string of the molecule is C[C@H]1C(=O)NC[C@H]2CN(S(=O)(=O)c3cccnc3)C[C@H]21. The Morgan fingerprint density at radius 2 is 2.20 bits per heavy atom. The Morgan fingerprint density at radius 1 is 1.40 bits per heavy atom. The second kappa shape index (κ2) is 4.82. The average Bonchev–Trinajstić information content (AvgIpc) is 2.90. The topological polar surface area (TPSA) is 79.4 Å². The van der Waals surface area contributed by atoms with Crippen molar-refractivity contribution in [1.82, 2.24) is 14.6 Å². The Labute approximate surface area is 118 Å². The first-order valence-corrected chi connectivity index (χ1v) is 8.12. The highest BCUT2D eigenvalue weighted by molar-refractivity contribution is 7.89. The summed E-state index contributed by atoms with van der Waals surface area (Å²) in [6.45, 7) is 3.31. The largest absolute Gasteiger partial charge is 0.356 e. The fraction of sp³-hybridized carbons (Fsp3) is 0.538. The zero-order valence-electron chi connectivity index (χ0n) is 11.2. The molecule has 1 aromatic heterocycles. The van der Waals surface area contributed by atoms with Gasteiger partial charge < -0.3 is 5.32 Å². The van der Waals surface area contributed by atoms with Gasteiger partial charge in [0.15, 0.2) is 0 Å². The summed E-state index contributed by atoms with van der Waals surface area (Å²) in [6, 6.07) is 3.17. The van der Waals surface area contributed by atoms with E-state index in [0.717, 1.165) is 0 Å². The van der Waals surface area contributed by atoms with Crippen LogP contribution in [-0.2, 0) is 14.8 Å². The molecule has 2 aliphatic heterocycles. The van der Waals surface area contributed by atoms with Gasteiger partial charge in [0.1, 0.15) is 4.90 Å². The molecule has 0 spiro atoms. The number of nitrogens with one attached hydrogen (secondary N) is 1. The molecule has 2 saturated heterocycles. The molecule has 108 valence electrons. The third-order valence-corrected chi connectivity index (χ3v) is 6.14. The fourth-order valence-corrected chi connectivity index (χ4v) is 4.57. The van der Waals surface area contributed by atoms with Crippen molar-refractivity contribution in [3.05, 3.63) is 24.5 Å². The van der Waals surface area contributed by atoms with Crippen molar-refractivity contribution < 1.29 is 13.2 Å². The molecule has 3 rings (SSSR count). The van der Waals surface area contributed by atoms with E-state index in [1.165, 1.54) is 10.5 Å². The van der Waals surface area contributed by atoms with Gasteiger partial charge >= 0.3 is 0 Å². The lowest BCUT2D eigenvalue weighted by atomic mass is 9.81. The van der Waals surface area contributed by atoms with Crippen molar-refractivity contribution in [3.63, 3.8) is 0 Å². The highest BCUT2D eigenvalue weighted by Crippen LogP contribution is 2.35. The van der Waals surface area contributed by atoms with Gasteiger partial charge in [-0.15, -0.1) is 0 Å². The Balaban J connectivity index is 1.85. The number of carbonyl (C=O) groups is 1. The van der Waals surface area contributed by atoms with Crippen LogP contribution in [-0.4, -0.2) is 43.2 Å². The molecule has 0 unspecified atom stereocenters. The summed E-state index contributed by atoms with van der Waals surface area (Å²) in [5, 5.41) is 2.84. The maximum Gasteiger partial charge on any atom is 0.244 e. The van der Waals surface area contributed by atoms with Gasteiger partial charge in [0, 0.05) is 37.9 Å². The van der Waals surface area contributed by atoms with Crippen LogP contribution in [0.4, 0.5) is 0 Å². The van der Waals surface area contributed by atoms with Crippen LogP contribution in [0.15, 0.2) is 29.4 Å². The summed E-state index contributed by atoms with van der Waals surface area (Å²) >= 11 is 0. The summed E-state index contributed by atoms with van der Waals surface area (Å²) in [7, 11) is -3.51. The quantitative estimate of drug-likeness (QED) is 0.838. The highest BCUT2D eigenvalue weighted by atomic mass is 32.2. The third-order valence-electron chi connectivity index (χ3n) is 4.32. The van der Waals surface area contributed by atoms with Crippen molar-refractivity contribution in [2.75, 3.05) is 19.6 Å². The molecule has 3 atom stereocenters. The van der Waals surface area contributed by atoms with Crippen molar-refractivity contribution in [2.24, 2.45) is 17.8 Å². The number of piperidine rings is 1. The standard InChI is InChI=1S/C13H17N3O3S/c1-9-12-8-16(7-10(12)5-15-13(9)17)20(18,19)11-3-2-4-14-6-11/h2-4,6,9-10,12H,5,7-8H2,1H3,(H,15,17)/t9-,10+,12+/m1/s1. The molecule has 7 heteroatoms. The fourth-order valence-electron chi connectivity index (χ4n) is 3.07. The molecule has 1 N–H and O–H groups in total. The summed E-state index contributed by atoms with van der Waals surface area (Å²) in [5.41, 5.74) is 0. The van der Waals surface area contributed by atoms with Crippen molar-refractivity contribution in [1.29, 1.82) is 0 Å². The average molecular weight is 295 g/mol. The van der Waals surface area contributed by atoms with Gasteiger partial charge in [-0.2, -0.15) is 4.31 Å². The number of rotatable bonds is 2. The van der Waals surface area contributed by atoms with Crippen molar-refractivity contribution in [2.45, 2.75) is 11.8 Å². The summed E-state index contributed by atoms with van der Waals surface area (Å²) in [5.74, 6) is 0.194. The first-order valence-electron chi connectivity index (χ1n) is 6.68. The maximum atomic E-state index is 12.5. The molecular weight excluding hydrogens is 278 g/mol. The van der Waals surface area contributed by atoms with E-state index in [-0.39, 0.29) is 28.6 Å². The lowest BCUT2D eigenvalue weighted by Gasteiger charge is -2.29. The zero-order valence-corrected chi connectivity index (χ0v) is 12.0. The number of hydrogen-bond acceptors (Lipinski definition) is 4. The van der Waals surface area contributed by atoms with E-state index in [2.05, 4.69) is 10.3 Å². The van der Waals surface area contributed by atoms with Gasteiger partial charge in [0.2, 0.25) is 15.9 Å². The monoisotopic (exact) mass is 295 g/mol. The minimum absolute atomic E-state index is 0.0203. The second-order valence-corrected chi connectivity index (χ2v) is 7.41. The molecule has 0 aromatic carbocycles. The zero-order chi connectivity index (χ0) is 14.3. The molecule has 2 fully saturated rings. The van der Waals surface area contributed by atoms with Crippen LogP contribution in [0.1, 0.15) is 6.92 Å². The molecule has 3 heterocycles. The number of amides is 1. The van der Waals surface area contributed by atoms with E-state index in [1.54, 1.807) is 18.3 Å². The molecule has 2 aliphatic rings. The highest BCUT2D eigenvalue weighted by Gasteiger charge is 2.45. The van der Waals surface area contributed by atoms with Crippen molar-refractivity contribution >= 4 is 15.9 Å². The smallest absolute Gasteiger partial charge is 0.244 e. The number of carbonyl (C=O) groups excluding carboxylic acids is 1. The lowest BCUT2D eigenvalue weighted by Crippen LogP contribution is -2.46. The summed E-state index contributed by atoms with van der Waals surface area (Å²) in [6.07, 6.45) is 2.91. The normalized spacial score (nSPS) is 30.9. The van der Waals surface area contributed by atoms with Crippen LogP contribution in [0, 0.1) is 17.8 Å². The van der Waals surface area contributed by atoms with Crippen LogP contribution < -0.4 is 5.32 Å². The summed E-state index contributed by atoms with van der Waals surface area (Å²) in [4.78, 5) is 15.8. The van der Waals surface area contributed by atoms with Crippen LogP contribution in [0.3, 0.4) is 0 Å². The minimum atomic E-state index is -3.51. The number of hydrogen-bond donors (Lipinski definition) is 1. The Morgan fingerprint density at radius 3 is 2.90 bits per heavy atom. The molecule has 6 nitrogen and oxygen atoms in total. The van der Waals surface area contributed by atoms with Crippen LogP contribution in [0.25, 0.3) is 0 Å². The van der Waals surface area contributed by atoms with Crippen LogP contribution >= 0.6 is 0 Å². The first kappa shape index (κ1) is 13.5. The lowest BCUT2D eigenvalue weighted by molar-refractivity contribution is -0.128. The first-order chi connectivity index (χ1) is 9.50. The molecular formula is C13H17N3O3S. The van der Waals surface area contributed by atoms with E-state index < -0.39 is 10.0 Å². The molecule has 0 saturated carbocycles. The van der Waals surface area contributed by atoms with Gasteiger partial charge in [0.05, 0.1) is 0 Å². The van der Waals surface area contributed by atoms with E-state index in [1.807, 2.05) is 6.92 Å². The number of nitrogens with zero attached hydrogens (tertiary/aromatic N) is 2. The molecule has 20 heavy (non-hydrogen) atoms. The maximum absolute atomic E-state index is 12.5. The Kier molecular flexibility index (Phi) is 3.25. The molecule has 0 bridgehead atoms. The van der Waals surface area contributed by atoms with Crippen LogP contribution in [0.2, 0.25) is 0 Å². The number of fused-ring (bicyclic) bond motifs is 1. The Bertz CT molecular complexity index is 617. The Hall–Kier alpha value is -1.47. The van der Waals surface area contributed by atoms with E-state index >= 15 is 0 Å². The number of aromatic nitrogens is 1. The van der Waals surface area contributed by atoms with Gasteiger partial charge in [-0.1, -0.05) is 6.92 Å². The predicted octanol–water partition coefficient (Wildman–Crippen LogP) is 0.0842. The van der Waals surface area contributed by atoms with Crippen molar-refractivity contribution in [3.8, 4) is 0 Å². The third kappa shape index (κ3) is 2.10. The minimum Gasteiger partial charge on any atom is -0.356 e. The van der Waals surface area contributed by atoms with Gasteiger partial charge in [-0.3, -0.25) is 9.78 Å². The molecule has 1 aromatic rings. The van der Waals surface area contributed by atoms with E-state index in [0.29, 0.717) is 19.6 Å². The van der Waals surface area contributed by atoms with E-state index in [4.69, 9.17) is 0 Å². The van der Waals surface area contributed by atoms with Gasteiger partial charge in [-0.25, -0.2) is 8.42 Å². The molecule has 1 amide bonds. The predicted molar refractivity (Wildman–Crippen MR) is 72.1 cm³/mol. The number of sulfonamides is 1. The van der Waals surface area contributed by atoms with E-state index in [9.17, 15) is 13.2 Å². The van der Waals surface area contributed by atoms with Crippen LogP contribution in [0.5, 0.6) is 0 Å². The summed E-state index contributed by atoms with van der Waals surface area (Å²) < 4.78 is 26.6.